The Bertz CT molecular complexity index is 1280. The summed E-state index contributed by atoms with van der Waals surface area (Å²) in [5, 5.41) is 1.09. The Morgan fingerprint density at radius 3 is 2.50 bits per heavy atom. The molecule has 0 amide bonds. The van der Waals surface area contributed by atoms with Crippen molar-refractivity contribution >= 4 is 51.9 Å². The number of ketones is 2. The fraction of sp³-hybridized carbons (Fsp3) is 0.167. The maximum Gasteiger partial charge on any atom is 0.207 e. The molecule has 0 bridgehead atoms. The van der Waals surface area contributed by atoms with Gasteiger partial charge in [0.1, 0.15) is 5.69 Å². The number of pyridine rings is 1. The number of benzene rings is 1. The third-order valence-electron chi connectivity index (χ3n) is 5.46. The van der Waals surface area contributed by atoms with Crippen LogP contribution < -0.4 is 0 Å². The molecule has 2 aromatic heterocycles. The number of fused-ring (bicyclic) bond motifs is 1. The number of carbonyl (C=O) groups excluding carboxylic acids is 2. The van der Waals surface area contributed by atoms with E-state index in [9.17, 15) is 9.59 Å². The largest absolute Gasteiger partial charge is 0.312 e. The number of aromatic nitrogens is 1. The van der Waals surface area contributed by atoms with Crippen LogP contribution in [0.3, 0.4) is 0 Å². The highest BCUT2D eigenvalue weighted by molar-refractivity contribution is 6.39. The van der Waals surface area contributed by atoms with Crippen LogP contribution in [0.5, 0.6) is 0 Å². The lowest BCUT2D eigenvalue weighted by Crippen LogP contribution is -2.07. The smallest absolute Gasteiger partial charge is 0.207 e. The molecule has 2 heterocycles. The maximum absolute atomic E-state index is 13.3. The van der Waals surface area contributed by atoms with Crippen molar-refractivity contribution in [2.75, 3.05) is 0 Å². The zero-order valence-corrected chi connectivity index (χ0v) is 18.7. The second-order valence-corrected chi connectivity index (χ2v) is 8.69. The third-order valence-corrected chi connectivity index (χ3v) is 6.41. The molecule has 1 aromatic carbocycles. The molecule has 4 rings (SSSR count). The number of nitrogens with zero attached hydrogens (tertiary/aromatic N) is 1. The summed E-state index contributed by atoms with van der Waals surface area (Å²) < 4.78 is 1.70. The van der Waals surface area contributed by atoms with Gasteiger partial charge in [0.25, 0.3) is 0 Å². The number of allylic oxidation sites excluding steroid dienone is 4. The number of halogens is 3. The van der Waals surface area contributed by atoms with Gasteiger partial charge in [-0.2, -0.15) is 0 Å². The van der Waals surface area contributed by atoms with Crippen molar-refractivity contribution < 1.29 is 9.59 Å². The summed E-state index contributed by atoms with van der Waals surface area (Å²) in [6.07, 6.45) is 4.29. The lowest BCUT2D eigenvalue weighted by molar-refractivity contribution is 0.0994. The van der Waals surface area contributed by atoms with Crippen molar-refractivity contribution in [3.05, 3.63) is 97.3 Å². The molecule has 0 atom stereocenters. The van der Waals surface area contributed by atoms with Gasteiger partial charge < -0.3 is 4.40 Å². The van der Waals surface area contributed by atoms with Crippen LogP contribution in [0, 0.1) is 0 Å². The summed E-state index contributed by atoms with van der Waals surface area (Å²) >= 11 is 18.9. The SMILES string of the molecule is CC1=C(C)CC(C(=O)c2c(Cl)c(C(=O)Cc3ccc(Cl)cc3Cl)c3ccccn23)=C1. The van der Waals surface area contributed by atoms with E-state index in [4.69, 9.17) is 34.8 Å². The Balaban J connectivity index is 1.78. The van der Waals surface area contributed by atoms with Gasteiger partial charge >= 0.3 is 0 Å². The van der Waals surface area contributed by atoms with E-state index in [2.05, 4.69) is 0 Å². The second kappa shape index (κ2) is 8.07. The van der Waals surface area contributed by atoms with E-state index < -0.39 is 0 Å². The van der Waals surface area contributed by atoms with Gasteiger partial charge in [0, 0.05) is 28.2 Å². The minimum Gasteiger partial charge on any atom is -0.312 e. The summed E-state index contributed by atoms with van der Waals surface area (Å²) in [4.78, 5) is 26.5. The molecule has 0 spiro atoms. The second-order valence-electron chi connectivity index (χ2n) is 7.47. The lowest BCUT2D eigenvalue weighted by atomic mass is 10.0. The first-order chi connectivity index (χ1) is 14.3. The van der Waals surface area contributed by atoms with Gasteiger partial charge in [0.15, 0.2) is 5.78 Å². The first kappa shape index (κ1) is 20.9. The standard InChI is InChI=1S/C24H18Cl3NO2/c1-13-9-16(10-14(13)2)24(30)23-22(27)21(19-5-3-4-8-28(19)23)20(29)11-15-6-7-17(25)12-18(15)26/h3-9,12H,10-11H2,1-2H3. The zero-order chi connectivity index (χ0) is 21.6. The van der Waals surface area contributed by atoms with Crippen LogP contribution >= 0.6 is 34.8 Å². The molecule has 1 aliphatic carbocycles. The molecule has 1 aliphatic rings. The van der Waals surface area contributed by atoms with Crippen LogP contribution in [0.1, 0.15) is 46.7 Å². The summed E-state index contributed by atoms with van der Waals surface area (Å²) in [6, 6.07) is 10.4. The predicted molar refractivity (Wildman–Crippen MR) is 122 cm³/mol. The Morgan fingerprint density at radius 2 is 1.83 bits per heavy atom. The third kappa shape index (κ3) is 3.62. The summed E-state index contributed by atoms with van der Waals surface area (Å²) in [7, 11) is 0. The zero-order valence-electron chi connectivity index (χ0n) is 16.4. The molecule has 0 fully saturated rings. The summed E-state index contributed by atoms with van der Waals surface area (Å²) in [5.41, 5.74) is 4.81. The number of hydrogen-bond acceptors (Lipinski definition) is 2. The molecule has 0 saturated carbocycles. The fourth-order valence-corrected chi connectivity index (χ4v) is 4.59. The fourth-order valence-electron chi connectivity index (χ4n) is 3.74. The van der Waals surface area contributed by atoms with E-state index in [1.807, 2.05) is 32.1 Å². The molecule has 0 radical (unpaired) electrons. The molecule has 30 heavy (non-hydrogen) atoms. The first-order valence-corrected chi connectivity index (χ1v) is 10.6. The highest BCUT2D eigenvalue weighted by Gasteiger charge is 2.29. The van der Waals surface area contributed by atoms with Crippen LogP contribution in [0.2, 0.25) is 15.1 Å². The Kier molecular flexibility index (Phi) is 5.63. The van der Waals surface area contributed by atoms with Crippen molar-refractivity contribution in [1.29, 1.82) is 0 Å². The van der Waals surface area contributed by atoms with E-state index in [0.717, 1.165) is 11.1 Å². The topological polar surface area (TPSA) is 38.5 Å². The minimum atomic E-state index is -0.210. The highest BCUT2D eigenvalue weighted by atomic mass is 35.5. The first-order valence-electron chi connectivity index (χ1n) is 9.45. The molecule has 3 nitrogen and oxygen atoms in total. The minimum absolute atomic E-state index is 0.0559. The number of rotatable bonds is 5. The van der Waals surface area contributed by atoms with Crippen LogP contribution in [-0.2, 0) is 6.42 Å². The van der Waals surface area contributed by atoms with Gasteiger partial charge in [0.05, 0.1) is 16.1 Å². The predicted octanol–water partition coefficient (Wildman–Crippen LogP) is 7.17. The van der Waals surface area contributed by atoms with Gasteiger partial charge in [-0.1, -0.05) is 64.2 Å². The normalized spacial score (nSPS) is 13.8. The number of hydrogen-bond donors (Lipinski definition) is 0. The molecule has 0 unspecified atom stereocenters. The molecule has 0 saturated heterocycles. The van der Waals surface area contributed by atoms with Gasteiger partial charge in [-0.25, -0.2) is 0 Å². The Hall–Kier alpha value is -2.33. The molecule has 6 heteroatoms. The van der Waals surface area contributed by atoms with Crippen LogP contribution in [-0.4, -0.2) is 16.0 Å². The van der Waals surface area contributed by atoms with E-state index in [1.165, 1.54) is 0 Å². The Labute approximate surface area is 189 Å². The van der Waals surface area contributed by atoms with Gasteiger partial charge in [0.2, 0.25) is 5.78 Å². The van der Waals surface area contributed by atoms with Crippen molar-refractivity contribution in [2.45, 2.75) is 26.7 Å². The summed E-state index contributed by atoms with van der Waals surface area (Å²) in [5.74, 6) is -0.376. The van der Waals surface area contributed by atoms with E-state index in [-0.39, 0.29) is 23.0 Å². The van der Waals surface area contributed by atoms with Crippen molar-refractivity contribution in [1.82, 2.24) is 4.40 Å². The highest BCUT2D eigenvalue weighted by Crippen LogP contribution is 2.35. The molecule has 0 aliphatic heterocycles. The quantitative estimate of drug-likeness (QED) is 0.380. The Morgan fingerprint density at radius 1 is 1.07 bits per heavy atom. The van der Waals surface area contributed by atoms with Crippen molar-refractivity contribution in [3.63, 3.8) is 0 Å². The van der Waals surface area contributed by atoms with Crippen molar-refractivity contribution in [2.24, 2.45) is 0 Å². The van der Waals surface area contributed by atoms with Gasteiger partial charge in [-0.15, -0.1) is 0 Å². The van der Waals surface area contributed by atoms with Crippen molar-refractivity contribution in [3.8, 4) is 0 Å². The van der Waals surface area contributed by atoms with Gasteiger partial charge in [-0.05, 0) is 50.1 Å². The maximum atomic E-state index is 13.3. The van der Waals surface area contributed by atoms with E-state index >= 15 is 0 Å². The van der Waals surface area contributed by atoms with Gasteiger partial charge in [-0.3, -0.25) is 9.59 Å². The van der Waals surface area contributed by atoms with Crippen LogP contribution in [0.15, 0.2) is 65.4 Å². The average molecular weight is 459 g/mol. The molecule has 3 aromatic rings. The monoisotopic (exact) mass is 457 g/mol. The summed E-state index contributed by atoms with van der Waals surface area (Å²) in [6.45, 7) is 3.99. The average Bonchev–Trinajstić information content (AvgIpc) is 3.19. The molecular weight excluding hydrogens is 441 g/mol. The van der Waals surface area contributed by atoms with Crippen LogP contribution in [0.4, 0.5) is 0 Å². The molecular formula is C24H18Cl3NO2. The van der Waals surface area contributed by atoms with E-state index in [1.54, 1.807) is 34.9 Å². The molecule has 152 valence electrons. The lowest BCUT2D eigenvalue weighted by Gasteiger charge is -2.05. The number of Topliss-reactive ketones (excluding diaryl/α,β-unsaturated/α-hetero) is 2. The van der Waals surface area contributed by atoms with E-state index in [0.29, 0.717) is 44.4 Å². The number of carbonyl (C=O) groups is 2. The molecule has 0 N–H and O–H groups in total. The van der Waals surface area contributed by atoms with Crippen LogP contribution in [0.25, 0.3) is 5.52 Å².